The van der Waals surface area contributed by atoms with Crippen LogP contribution in [0.15, 0.2) is 60.7 Å². The van der Waals surface area contributed by atoms with Crippen LogP contribution in [0.5, 0.6) is 0 Å². The molecule has 0 radical (unpaired) electrons. The molecular weight excluding hydrogens is 296 g/mol. The summed E-state index contributed by atoms with van der Waals surface area (Å²) >= 11 is 0. The molecule has 0 heterocycles. The van der Waals surface area contributed by atoms with Gasteiger partial charge in [-0.3, -0.25) is 0 Å². The molecule has 2 amide bonds. The van der Waals surface area contributed by atoms with E-state index in [0.717, 1.165) is 11.1 Å². The average Bonchev–Trinajstić information content (AvgIpc) is 2.55. The highest BCUT2D eigenvalue weighted by molar-refractivity contribution is 5.66. The number of hydrogen-bond donors (Lipinski definition) is 2. The molecular formula is C17H18N2O4. The summed E-state index contributed by atoms with van der Waals surface area (Å²) in [4.78, 5) is 22.4. The Kier molecular flexibility index (Phi) is 5.19. The van der Waals surface area contributed by atoms with Crippen molar-refractivity contribution in [2.24, 2.45) is 11.5 Å². The normalized spacial score (nSPS) is 10.8. The number of carbonyl (C=O) groups is 2. The molecule has 0 aliphatic rings. The van der Waals surface area contributed by atoms with E-state index in [1.807, 2.05) is 60.7 Å². The fourth-order valence-corrected chi connectivity index (χ4v) is 2.51. The van der Waals surface area contributed by atoms with E-state index < -0.39 is 17.8 Å². The maximum atomic E-state index is 11.5. The van der Waals surface area contributed by atoms with Gasteiger partial charge < -0.3 is 20.9 Å². The van der Waals surface area contributed by atoms with E-state index >= 15 is 0 Å². The highest BCUT2D eigenvalue weighted by Gasteiger charge is 2.38. The van der Waals surface area contributed by atoms with Crippen LogP contribution in [0.1, 0.15) is 17.5 Å². The molecule has 0 unspecified atom stereocenters. The Morgan fingerprint density at radius 3 is 1.70 bits per heavy atom. The summed E-state index contributed by atoms with van der Waals surface area (Å²) in [6.07, 6.45) is -1.62. The first kappa shape index (κ1) is 16.4. The monoisotopic (exact) mass is 314 g/mol. The molecule has 2 aromatic rings. The van der Waals surface area contributed by atoms with E-state index in [0.29, 0.717) is 0 Å². The van der Waals surface area contributed by atoms with Gasteiger partial charge >= 0.3 is 12.2 Å². The summed E-state index contributed by atoms with van der Waals surface area (Å²) in [5.41, 5.74) is 10.6. The van der Waals surface area contributed by atoms with Crippen molar-refractivity contribution in [2.45, 2.75) is 12.0 Å². The van der Waals surface area contributed by atoms with E-state index in [1.165, 1.54) is 0 Å². The van der Waals surface area contributed by atoms with Crippen LogP contribution in [0.3, 0.4) is 0 Å². The fraction of sp³-hybridized carbons (Fsp3) is 0.176. The lowest BCUT2D eigenvalue weighted by Gasteiger charge is -2.33. The van der Waals surface area contributed by atoms with Gasteiger partial charge in [0.15, 0.2) is 5.60 Å². The van der Waals surface area contributed by atoms with Gasteiger partial charge in [-0.15, -0.1) is 0 Å². The van der Waals surface area contributed by atoms with Crippen molar-refractivity contribution >= 4 is 12.2 Å². The van der Waals surface area contributed by atoms with Crippen molar-refractivity contribution in [3.8, 4) is 0 Å². The van der Waals surface area contributed by atoms with E-state index in [9.17, 15) is 9.59 Å². The molecule has 0 aromatic heterocycles. The maximum absolute atomic E-state index is 11.5. The van der Waals surface area contributed by atoms with Gasteiger partial charge in [-0.1, -0.05) is 60.7 Å². The molecule has 120 valence electrons. The Labute approximate surface area is 134 Å². The summed E-state index contributed by atoms with van der Waals surface area (Å²) < 4.78 is 10.3. The Bertz CT molecular complexity index is 619. The van der Waals surface area contributed by atoms with Crippen LogP contribution in [0.4, 0.5) is 9.59 Å². The number of carbonyl (C=O) groups excluding carboxylic acids is 2. The molecule has 4 N–H and O–H groups in total. The van der Waals surface area contributed by atoms with Gasteiger partial charge in [0, 0.05) is 17.5 Å². The first-order chi connectivity index (χ1) is 11.0. The number of nitrogens with two attached hydrogens (primary N) is 2. The third kappa shape index (κ3) is 4.00. The lowest BCUT2D eigenvalue weighted by Crippen LogP contribution is -2.37. The van der Waals surface area contributed by atoms with Crippen molar-refractivity contribution < 1.29 is 19.1 Å². The molecule has 0 spiro atoms. The minimum atomic E-state index is -1.16. The molecule has 23 heavy (non-hydrogen) atoms. The number of rotatable bonds is 6. The fourth-order valence-electron chi connectivity index (χ4n) is 2.51. The molecule has 6 heteroatoms. The van der Waals surface area contributed by atoms with Gasteiger partial charge in [0.25, 0.3) is 0 Å². The van der Waals surface area contributed by atoms with E-state index in [4.69, 9.17) is 20.9 Å². The molecule has 0 fully saturated rings. The molecule has 0 saturated carbocycles. The molecule has 6 nitrogen and oxygen atoms in total. The van der Waals surface area contributed by atoms with Crippen LogP contribution in [0, 0.1) is 0 Å². The number of amides is 2. The summed E-state index contributed by atoms with van der Waals surface area (Å²) in [6, 6.07) is 18.3. The molecule has 0 saturated heterocycles. The van der Waals surface area contributed by atoms with Crippen LogP contribution >= 0.6 is 0 Å². The highest BCUT2D eigenvalue weighted by atomic mass is 16.6. The lowest BCUT2D eigenvalue weighted by molar-refractivity contribution is 0.0230. The maximum Gasteiger partial charge on any atom is 0.405 e. The van der Waals surface area contributed by atoms with Crippen LogP contribution in [-0.2, 0) is 15.1 Å². The van der Waals surface area contributed by atoms with Crippen molar-refractivity contribution in [1.82, 2.24) is 0 Å². The first-order valence-corrected chi connectivity index (χ1v) is 7.06. The summed E-state index contributed by atoms with van der Waals surface area (Å²) in [7, 11) is 0. The lowest BCUT2D eigenvalue weighted by atomic mass is 9.83. The second kappa shape index (κ2) is 7.31. The largest absolute Gasteiger partial charge is 0.450 e. The number of hydrogen-bond acceptors (Lipinski definition) is 4. The van der Waals surface area contributed by atoms with Gasteiger partial charge in [0.2, 0.25) is 0 Å². The summed E-state index contributed by atoms with van der Waals surface area (Å²) in [6.45, 7) is -0.0214. The zero-order valence-electron chi connectivity index (χ0n) is 12.5. The van der Waals surface area contributed by atoms with E-state index in [-0.39, 0.29) is 13.0 Å². The van der Waals surface area contributed by atoms with Crippen LogP contribution < -0.4 is 11.5 Å². The molecule has 0 bridgehead atoms. The molecule has 0 atom stereocenters. The Morgan fingerprint density at radius 2 is 1.30 bits per heavy atom. The van der Waals surface area contributed by atoms with Crippen molar-refractivity contribution in [3.63, 3.8) is 0 Å². The number of primary amides is 2. The standard InChI is InChI=1S/C17H18N2O4/c18-15(20)22-12-11-17(23-16(19)21,13-7-3-1-4-8-13)14-9-5-2-6-10-14/h1-10H,11-12H2,(H2,18,20)(H2,19,21). The van der Waals surface area contributed by atoms with Gasteiger partial charge in [-0.25, -0.2) is 9.59 Å². The highest BCUT2D eigenvalue weighted by Crippen LogP contribution is 2.37. The Morgan fingerprint density at radius 1 is 0.826 bits per heavy atom. The number of benzene rings is 2. The Hall–Kier alpha value is -3.02. The minimum Gasteiger partial charge on any atom is -0.450 e. The minimum absolute atomic E-state index is 0.0214. The first-order valence-electron chi connectivity index (χ1n) is 7.06. The van der Waals surface area contributed by atoms with Crippen molar-refractivity contribution in [1.29, 1.82) is 0 Å². The Balaban J connectivity index is 2.49. The van der Waals surface area contributed by atoms with Gasteiger partial charge in [0.05, 0.1) is 6.61 Å². The average molecular weight is 314 g/mol. The van der Waals surface area contributed by atoms with Gasteiger partial charge in [0.1, 0.15) is 0 Å². The van der Waals surface area contributed by atoms with E-state index in [1.54, 1.807) is 0 Å². The van der Waals surface area contributed by atoms with Gasteiger partial charge in [-0.05, 0) is 0 Å². The smallest absolute Gasteiger partial charge is 0.405 e. The zero-order valence-corrected chi connectivity index (χ0v) is 12.5. The van der Waals surface area contributed by atoms with Crippen molar-refractivity contribution in [2.75, 3.05) is 6.61 Å². The second-order valence-corrected chi connectivity index (χ2v) is 4.90. The topological polar surface area (TPSA) is 105 Å². The summed E-state index contributed by atoms with van der Waals surface area (Å²) in [5.74, 6) is 0. The van der Waals surface area contributed by atoms with Crippen LogP contribution in [0.2, 0.25) is 0 Å². The number of ether oxygens (including phenoxy) is 2. The van der Waals surface area contributed by atoms with Crippen LogP contribution in [0.25, 0.3) is 0 Å². The summed E-state index contributed by atoms with van der Waals surface area (Å²) in [5, 5.41) is 0. The van der Waals surface area contributed by atoms with Crippen LogP contribution in [-0.4, -0.2) is 18.8 Å². The predicted molar refractivity (Wildman–Crippen MR) is 84.5 cm³/mol. The van der Waals surface area contributed by atoms with Gasteiger partial charge in [-0.2, -0.15) is 0 Å². The zero-order chi connectivity index (χ0) is 16.7. The molecule has 0 aliphatic carbocycles. The third-order valence-corrected chi connectivity index (χ3v) is 3.45. The second-order valence-electron chi connectivity index (χ2n) is 4.90. The third-order valence-electron chi connectivity index (χ3n) is 3.45. The molecule has 2 rings (SSSR count). The predicted octanol–water partition coefficient (Wildman–Crippen LogP) is 2.51. The quantitative estimate of drug-likeness (QED) is 0.854. The van der Waals surface area contributed by atoms with E-state index in [2.05, 4.69) is 0 Å². The van der Waals surface area contributed by atoms with Crippen molar-refractivity contribution in [3.05, 3.63) is 71.8 Å². The SMILES string of the molecule is NC(=O)OCCC(OC(N)=O)(c1ccccc1)c1ccccc1. The molecule has 0 aliphatic heterocycles. The molecule has 2 aromatic carbocycles.